The summed E-state index contributed by atoms with van der Waals surface area (Å²) < 4.78 is 22.1. The molecule has 5 rings (SSSR count). The number of likely N-dealkylation sites (tertiary alicyclic amines) is 1. The van der Waals surface area contributed by atoms with E-state index in [4.69, 9.17) is 9.84 Å². The van der Waals surface area contributed by atoms with Crippen LogP contribution in [0.1, 0.15) is 48.3 Å². The summed E-state index contributed by atoms with van der Waals surface area (Å²) in [6.45, 7) is 9.18. The van der Waals surface area contributed by atoms with Gasteiger partial charge in [0.25, 0.3) is 0 Å². The third kappa shape index (κ3) is 4.28. The van der Waals surface area contributed by atoms with Gasteiger partial charge in [-0.05, 0) is 57.9 Å². The second-order valence-electron chi connectivity index (χ2n) is 9.00. The van der Waals surface area contributed by atoms with Crippen LogP contribution in [-0.4, -0.2) is 44.6 Å². The Kier molecular flexibility index (Phi) is 6.28. The van der Waals surface area contributed by atoms with E-state index in [1.54, 1.807) is 16.8 Å². The molecule has 0 saturated carbocycles. The Bertz CT molecular complexity index is 1300. The number of ether oxygens (including phenoxy) is 1. The molecule has 0 N–H and O–H groups in total. The van der Waals surface area contributed by atoms with Crippen molar-refractivity contribution in [1.82, 2.24) is 24.9 Å². The summed E-state index contributed by atoms with van der Waals surface area (Å²) in [5.74, 6) is 0.383. The highest BCUT2D eigenvalue weighted by Gasteiger charge is 2.27. The van der Waals surface area contributed by atoms with Crippen molar-refractivity contribution in [2.75, 3.05) is 19.7 Å². The lowest BCUT2D eigenvalue weighted by atomic mass is 9.93. The molecule has 0 spiro atoms. The van der Waals surface area contributed by atoms with E-state index in [0.717, 1.165) is 60.5 Å². The molecule has 0 aliphatic carbocycles. The molecule has 6 nitrogen and oxygen atoms in total. The topological polar surface area (TPSA) is 56.1 Å². The summed E-state index contributed by atoms with van der Waals surface area (Å²) in [5, 5.41) is 14.9. The zero-order chi connectivity index (χ0) is 23.7. The summed E-state index contributed by atoms with van der Waals surface area (Å²) in [5.41, 5.74) is 5.12. The van der Waals surface area contributed by atoms with Crippen molar-refractivity contribution in [3.63, 3.8) is 0 Å². The summed E-state index contributed by atoms with van der Waals surface area (Å²) in [7, 11) is 0. The highest BCUT2D eigenvalue weighted by atomic mass is 19.1. The van der Waals surface area contributed by atoms with Gasteiger partial charge >= 0.3 is 0 Å². The van der Waals surface area contributed by atoms with Crippen LogP contribution in [0.4, 0.5) is 4.39 Å². The molecule has 2 aromatic carbocycles. The molecule has 1 aliphatic rings. The molecule has 0 bridgehead atoms. The predicted octanol–water partition coefficient (Wildman–Crippen LogP) is 5.35. The average molecular weight is 460 g/mol. The molecular weight excluding hydrogens is 429 g/mol. The van der Waals surface area contributed by atoms with Gasteiger partial charge < -0.3 is 4.74 Å². The fraction of sp³-hybridized carbons (Fsp3) is 0.370. The Morgan fingerprint density at radius 1 is 1.09 bits per heavy atom. The first-order valence-electron chi connectivity index (χ1n) is 12.0. The largest absolute Gasteiger partial charge is 0.494 e. The highest BCUT2D eigenvalue weighted by molar-refractivity contribution is 5.86. The van der Waals surface area contributed by atoms with Gasteiger partial charge in [0, 0.05) is 30.5 Å². The first-order valence-corrected chi connectivity index (χ1v) is 12.0. The van der Waals surface area contributed by atoms with Gasteiger partial charge in [-0.15, -0.1) is 0 Å². The number of piperidine rings is 1. The third-order valence-electron chi connectivity index (χ3n) is 6.63. The van der Waals surface area contributed by atoms with E-state index >= 15 is 4.39 Å². The molecule has 1 fully saturated rings. The smallest absolute Gasteiger partial charge is 0.152 e. The normalized spacial score (nSPS) is 16.8. The van der Waals surface area contributed by atoms with Gasteiger partial charge in [0.05, 0.1) is 23.7 Å². The van der Waals surface area contributed by atoms with Crippen molar-refractivity contribution in [3.8, 4) is 11.4 Å². The fourth-order valence-electron chi connectivity index (χ4n) is 5.03. The van der Waals surface area contributed by atoms with Gasteiger partial charge in [-0.1, -0.05) is 30.3 Å². The minimum Gasteiger partial charge on any atom is -0.494 e. The summed E-state index contributed by atoms with van der Waals surface area (Å²) >= 11 is 0. The van der Waals surface area contributed by atoms with Crippen molar-refractivity contribution in [1.29, 1.82) is 0 Å². The number of hydrogen-bond acceptors (Lipinski definition) is 5. The van der Waals surface area contributed by atoms with Gasteiger partial charge in [-0.25, -0.2) is 9.07 Å². The van der Waals surface area contributed by atoms with Crippen molar-refractivity contribution >= 4 is 10.9 Å². The van der Waals surface area contributed by atoms with E-state index in [2.05, 4.69) is 39.4 Å². The molecular formula is C27H30FN5O. The lowest BCUT2D eigenvalue weighted by Crippen LogP contribution is -2.34. The van der Waals surface area contributed by atoms with Gasteiger partial charge in [0.1, 0.15) is 17.0 Å². The van der Waals surface area contributed by atoms with Crippen LogP contribution in [0.3, 0.4) is 0 Å². The third-order valence-corrected chi connectivity index (χ3v) is 6.63. The van der Waals surface area contributed by atoms with E-state index in [9.17, 15) is 0 Å². The number of hydrogen-bond donors (Lipinski definition) is 0. The summed E-state index contributed by atoms with van der Waals surface area (Å²) in [6.07, 6.45) is 2.14. The van der Waals surface area contributed by atoms with E-state index in [1.165, 1.54) is 11.6 Å². The van der Waals surface area contributed by atoms with Crippen molar-refractivity contribution in [2.24, 2.45) is 0 Å². The SMILES string of the molecule is CCOc1ccc(-n2nc3c(C4CCCN(Cc5ccccc5)C4)nnc(C)c3c2C)c(F)c1. The van der Waals surface area contributed by atoms with Crippen molar-refractivity contribution in [3.05, 3.63) is 77.0 Å². The maximum absolute atomic E-state index is 15.0. The van der Waals surface area contributed by atoms with Crippen LogP contribution in [0.2, 0.25) is 0 Å². The number of aryl methyl sites for hydroxylation is 2. The minimum absolute atomic E-state index is 0.237. The number of aromatic nitrogens is 4. The molecule has 3 heterocycles. The minimum atomic E-state index is -0.367. The van der Waals surface area contributed by atoms with E-state index in [1.807, 2.05) is 26.8 Å². The molecule has 1 unspecified atom stereocenters. The number of rotatable bonds is 6. The summed E-state index contributed by atoms with van der Waals surface area (Å²) in [6, 6.07) is 15.5. The van der Waals surface area contributed by atoms with E-state index in [0.29, 0.717) is 18.0 Å². The van der Waals surface area contributed by atoms with E-state index < -0.39 is 0 Å². The van der Waals surface area contributed by atoms with Gasteiger partial charge in [-0.3, -0.25) is 4.90 Å². The molecule has 2 aromatic heterocycles. The molecule has 1 atom stereocenters. The Hall–Kier alpha value is -3.32. The zero-order valence-corrected chi connectivity index (χ0v) is 20.0. The number of benzene rings is 2. The molecule has 0 amide bonds. The van der Waals surface area contributed by atoms with Crippen LogP contribution >= 0.6 is 0 Å². The fourth-order valence-corrected chi connectivity index (χ4v) is 5.03. The maximum Gasteiger partial charge on any atom is 0.152 e. The quantitative estimate of drug-likeness (QED) is 0.389. The Balaban J connectivity index is 1.50. The van der Waals surface area contributed by atoms with Crippen molar-refractivity contribution in [2.45, 2.75) is 46.1 Å². The molecule has 1 aliphatic heterocycles. The number of halogens is 1. The first-order chi connectivity index (χ1) is 16.5. The molecule has 7 heteroatoms. The molecule has 34 heavy (non-hydrogen) atoms. The highest BCUT2D eigenvalue weighted by Crippen LogP contribution is 2.33. The molecule has 4 aromatic rings. The maximum atomic E-state index is 15.0. The number of fused-ring (bicyclic) bond motifs is 1. The van der Waals surface area contributed by atoms with Gasteiger partial charge in [0.15, 0.2) is 5.82 Å². The zero-order valence-electron chi connectivity index (χ0n) is 20.0. The monoisotopic (exact) mass is 459 g/mol. The second kappa shape index (κ2) is 9.50. The van der Waals surface area contributed by atoms with Gasteiger partial charge in [-0.2, -0.15) is 15.3 Å². The Morgan fingerprint density at radius 3 is 2.68 bits per heavy atom. The van der Waals surface area contributed by atoms with Crippen LogP contribution < -0.4 is 4.74 Å². The standard InChI is InChI=1S/C27H30FN5O/c1-4-34-22-12-13-24(23(28)15-22)33-19(3)25-18(2)29-30-26(27(25)31-33)21-11-8-14-32(17-21)16-20-9-6-5-7-10-20/h5-7,9-10,12-13,15,21H,4,8,11,14,16-17H2,1-3H3. The van der Waals surface area contributed by atoms with Crippen LogP contribution in [0, 0.1) is 19.7 Å². The Morgan fingerprint density at radius 2 is 1.91 bits per heavy atom. The first kappa shape index (κ1) is 22.5. The van der Waals surface area contributed by atoms with Crippen LogP contribution in [0.25, 0.3) is 16.6 Å². The average Bonchev–Trinajstić information content (AvgIpc) is 3.18. The summed E-state index contributed by atoms with van der Waals surface area (Å²) in [4.78, 5) is 2.48. The van der Waals surface area contributed by atoms with E-state index in [-0.39, 0.29) is 11.7 Å². The number of nitrogens with zero attached hydrogens (tertiary/aromatic N) is 5. The van der Waals surface area contributed by atoms with Crippen molar-refractivity contribution < 1.29 is 9.13 Å². The lowest BCUT2D eigenvalue weighted by Gasteiger charge is -2.32. The molecule has 1 saturated heterocycles. The van der Waals surface area contributed by atoms with Gasteiger partial charge in [0.2, 0.25) is 0 Å². The molecule has 0 radical (unpaired) electrons. The predicted molar refractivity (Wildman–Crippen MR) is 131 cm³/mol. The van der Waals surface area contributed by atoms with Crippen LogP contribution in [-0.2, 0) is 6.54 Å². The Labute approximate surface area is 199 Å². The lowest BCUT2D eigenvalue weighted by molar-refractivity contribution is 0.198. The van der Waals surface area contributed by atoms with Crippen LogP contribution in [0.15, 0.2) is 48.5 Å². The molecule has 176 valence electrons. The second-order valence-corrected chi connectivity index (χ2v) is 9.00. The van der Waals surface area contributed by atoms with Crippen LogP contribution in [0.5, 0.6) is 5.75 Å².